The Bertz CT molecular complexity index is 1260. The van der Waals surface area contributed by atoms with E-state index in [-0.39, 0.29) is 30.7 Å². The van der Waals surface area contributed by atoms with Crippen molar-refractivity contribution in [2.45, 2.75) is 31.6 Å². The van der Waals surface area contributed by atoms with Gasteiger partial charge in [-0.1, -0.05) is 18.2 Å². The second-order valence-corrected chi connectivity index (χ2v) is 8.67. The molecule has 1 amide bonds. The number of fused-ring (bicyclic) bond motifs is 1. The van der Waals surface area contributed by atoms with Crippen molar-refractivity contribution in [3.05, 3.63) is 82.7 Å². The Morgan fingerprint density at radius 2 is 1.73 bits per heavy atom. The van der Waals surface area contributed by atoms with Crippen LogP contribution in [0.1, 0.15) is 39.9 Å². The number of nitrogens with one attached hydrogen (secondary N) is 1. The number of halogens is 1. The van der Waals surface area contributed by atoms with Gasteiger partial charge in [0.15, 0.2) is 11.5 Å². The molecule has 1 heterocycles. The van der Waals surface area contributed by atoms with E-state index in [9.17, 15) is 14.0 Å². The van der Waals surface area contributed by atoms with Gasteiger partial charge in [-0.2, -0.15) is 0 Å². The van der Waals surface area contributed by atoms with E-state index in [4.69, 9.17) is 9.47 Å². The quantitative estimate of drug-likeness (QED) is 0.596. The molecule has 1 aliphatic heterocycles. The third-order valence-corrected chi connectivity index (χ3v) is 6.64. The van der Waals surface area contributed by atoms with Crippen molar-refractivity contribution in [1.29, 1.82) is 0 Å². The molecule has 0 aromatic heterocycles. The largest absolute Gasteiger partial charge is 0.454 e. The molecule has 3 aromatic carbocycles. The maximum atomic E-state index is 14.9. The molecule has 0 unspecified atom stereocenters. The van der Waals surface area contributed by atoms with Gasteiger partial charge in [0.2, 0.25) is 6.79 Å². The van der Waals surface area contributed by atoms with Gasteiger partial charge in [0, 0.05) is 19.0 Å². The number of carbonyl (C=O) groups is 2. The van der Waals surface area contributed by atoms with Crippen molar-refractivity contribution in [2.75, 3.05) is 13.8 Å². The summed E-state index contributed by atoms with van der Waals surface area (Å²) < 4.78 is 25.7. The molecule has 3 aromatic rings. The molecule has 2 aliphatic rings. The first-order valence-electron chi connectivity index (χ1n) is 11.0. The zero-order valence-corrected chi connectivity index (χ0v) is 18.5. The fraction of sp³-hybridized carbons (Fsp3) is 0.259. The molecule has 5 nitrogen and oxygen atoms in total. The van der Waals surface area contributed by atoms with Crippen LogP contribution >= 0.6 is 0 Å². The summed E-state index contributed by atoms with van der Waals surface area (Å²) in [6, 6.07) is 16.0. The number of hydrogen-bond acceptors (Lipinski definition) is 4. The highest BCUT2D eigenvalue weighted by Gasteiger charge is 2.51. The van der Waals surface area contributed by atoms with Crippen LogP contribution in [0.4, 0.5) is 4.39 Å². The van der Waals surface area contributed by atoms with Gasteiger partial charge in [-0.25, -0.2) is 4.39 Å². The molecular formula is C27H24FNO4. The van der Waals surface area contributed by atoms with Crippen LogP contribution in [0.25, 0.3) is 11.1 Å². The first kappa shape index (κ1) is 21.2. The molecule has 1 aliphatic carbocycles. The van der Waals surface area contributed by atoms with Gasteiger partial charge in [-0.3, -0.25) is 9.59 Å². The van der Waals surface area contributed by atoms with Crippen LogP contribution in [0.15, 0.2) is 54.6 Å². The van der Waals surface area contributed by atoms with E-state index in [0.717, 1.165) is 35.1 Å². The Labute approximate surface area is 191 Å². The molecule has 0 radical (unpaired) electrons. The number of carbonyl (C=O) groups excluding carboxylic acids is 2. The lowest BCUT2D eigenvalue weighted by Gasteiger charge is -2.17. The molecular weight excluding hydrogens is 421 g/mol. The van der Waals surface area contributed by atoms with Gasteiger partial charge in [0.05, 0.1) is 5.41 Å². The maximum absolute atomic E-state index is 14.9. The highest BCUT2D eigenvalue weighted by molar-refractivity contribution is 5.95. The molecule has 0 atom stereocenters. The smallest absolute Gasteiger partial charge is 0.251 e. The topological polar surface area (TPSA) is 64.6 Å². The Hall–Kier alpha value is -3.67. The number of ether oxygens (including phenoxy) is 2. The first-order valence-corrected chi connectivity index (χ1v) is 11.0. The van der Waals surface area contributed by atoms with E-state index in [0.29, 0.717) is 22.6 Å². The van der Waals surface area contributed by atoms with Crippen LogP contribution in [0.3, 0.4) is 0 Å². The van der Waals surface area contributed by atoms with Crippen molar-refractivity contribution >= 4 is 11.7 Å². The average molecular weight is 445 g/mol. The van der Waals surface area contributed by atoms with Crippen molar-refractivity contribution in [1.82, 2.24) is 5.32 Å². The minimum Gasteiger partial charge on any atom is -0.454 e. The van der Waals surface area contributed by atoms with E-state index in [1.54, 1.807) is 25.2 Å². The third-order valence-electron chi connectivity index (χ3n) is 6.64. The van der Waals surface area contributed by atoms with E-state index in [1.165, 1.54) is 6.07 Å². The normalized spacial score (nSPS) is 15.2. The van der Waals surface area contributed by atoms with Gasteiger partial charge in [0.25, 0.3) is 5.91 Å². The van der Waals surface area contributed by atoms with Gasteiger partial charge in [0.1, 0.15) is 11.6 Å². The van der Waals surface area contributed by atoms with Crippen LogP contribution in [0.2, 0.25) is 0 Å². The molecule has 0 spiro atoms. The standard InChI is InChI=1S/C27H24FNO4/c1-16-11-22(28)19(12-21(16)17-3-5-18(6-4-17)26(31)29-2)13-25(30)27(9-10-27)20-7-8-23-24(14-20)33-15-32-23/h3-8,11-12,14H,9-10,13,15H2,1-2H3,(H,29,31). The van der Waals surface area contributed by atoms with Crippen molar-refractivity contribution in [3.63, 3.8) is 0 Å². The minimum absolute atomic E-state index is 0.00466. The highest BCUT2D eigenvalue weighted by atomic mass is 19.1. The lowest BCUT2D eigenvalue weighted by atomic mass is 9.86. The molecule has 1 saturated carbocycles. The summed E-state index contributed by atoms with van der Waals surface area (Å²) in [4.78, 5) is 25.2. The molecule has 5 rings (SSSR count). The van der Waals surface area contributed by atoms with Crippen LogP contribution in [-0.4, -0.2) is 25.5 Å². The first-order chi connectivity index (χ1) is 15.9. The van der Waals surface area contributed by atoms with Crippen LogP contribution < -0.4 is 14.8 Å². The third kappa shape index (κ3) is 3.75. The summed E-state index contributed by atoms with van der Waals surface area (Å²) in [5.41, 5.74) is 3.72. The Kier molecular flexibility index (Phi) is 5.16. The summed E-state index contributed by atoms with van der Waals surface area (Å²) in [7, 11) is 1.58. The zero-order valence-electron chi connectivity index (χ0n) is 18.5. The Morgan fingerprint density at radius 1 is 1.00 bits per heavy atom. The predicted molar refractivity (Wildman–Crippen MR) is 122 cm³/mol. The number of hydrogen-bond donors (Lipinski definition) is 1. The Morgan fingerprint density at radius 3 is 2.42 bits per heavy atom. The van der Waals surface area contributed by atoms with Gasteiger partial charge in [-0.15, -0.1) is 0 Å². The summed E-state index contributed by atoms with van der Waals surface area (Å²) in [6.07, 6.45) is 1.50. The van der Waals surface area contributed by atoms with Crippen molar-refractivity contribution in [3.8, 4) is 22.6 Å². The minimum atomic E-state index is -0.590. The van der Waals surface area contributed by atoms with Gasteiger partial charge >= 0.3 is 0 Å². The number of ketones is 1. The summed E-state index contributed by atoms with van der Waals surface area (Å²) in [5, 5.41) is 2.60. The Balaban J connectivity index is 1.42. The second kappa shape index (κ2) is 8.03. The fourth-order valence-electron chi connectivity index (χ4n) is 4.50. The van der Waals surface area contributed by atoms with Gasteiger partial charge < -0.3 is 14.8 Å². The molecule has 0 bridgehead atoms. The monoisotopic (exact) mass is 445 g/mol. The van der Waals surface area contributed by atoms with Crippen molar-refractivity contribution in [2.24, 2.45) is 0 Å². The molecule has 6 heteroatoms. The van der Waals surface area contributed by atoms with E-state index >= 15 is 0 Å². The number of rotatable bonds is 6. The van der Waals surface area contributed by atoms with E-state index in [2.05, 4.69) is 5.32 Å². The fourth-order valence-corrected chi connectivity index (χ4v) is 4.50. The molecule has 33 heavy (non-hydrogen) atoms. The predicted octanol–water partition coefficient (Wildman–Crippen LogP) is 4.73. The summed E-state index contributed by atoms with van der Waals surface area (Å²) >= 11 is 0. The molecule has 0 saturated heterocycles. The summed E-state index contributed by atoms with van der Waals surface area (Å²) in [5.74, 6) is 0.786. The maximum Gasteiger partial charge on any atom is 0.251 e. The van der Waals surface area contributed by atoms with Crippen LogP contribution in [0, 0.1) is 12.7 Å². The summed E-state index contributed by atoms with van der Waals surface area (Å²) in [6.45, 7) is 2.02. The van der Waals surface area contributed by atoms with E-state index < -0.39 is 5.41 Å². The van der Waals surface area contributed by atoms with Crippen LogP contribution in [0.5, 0.6) is 11.5 Å². The lowest BCUT2D eigenvalue weighted by Crippen LogP contribution is -2.23. The van der Waals surface area contributed by atoms with Crippen molar-refractivity contribution < 1.29 is 23.5 Å². The number of aryl methyl sites for hydroxylation is 1. The SMILES string of the molecule is CNC(=O)c1ccc(-c2cc(CC(=O)C3(c4ccc5c(c4)OCO5)CC3)c(F)cc2C)cc1. The van der Waals surface area contributed by atoms with Crippen LogP contribution in [-0.2, 0) is 16.6 Å². The number of amides is 1. The average Bonchev–Trinajstić information content (AvgIpc) is 3.51. The highest BCUT2D eigenvalue weighted by Crippen LogP contribution is 2.51. The van der Waals surface area contributed by atoms with Gasteiger partial charge in [-0.05, 0) is 84.0 Å². The molecule has 1 N–H and O–H groups in total. The van der Waals surface area contributed by atoms with E-state index in [1.807, 2.05) is 37.3 Å². The second-order valence-electron chi connectivity index (χ2n) is 8.67. The zero-order chi connectivity index (χ0) is 23.2. The number of benzene rings is 3. The molecule has 168 valence electrons. The lowest BCUT2D eigenvalue weighted by molar-refractivity contribution is -0.120. The molecule has 1 fully saturated rings. The number of Topliss-reactive ketones (excluding diaryl/α,β-unsaturated/α-hetero) is 1.